The first-order valence-corrected chi connectivity index (χ1v) is 13.2. The number of carbonyl (C=O) groups excluding carboxylic acids is 5. The highest BCUT2D eigenvalue weighted by Gasteiger charge is 2.35. The third-order valence-electron chi connectivity index (χ3n) is 5.87. The van der Waals surface area contributed by atoms with E-state index < -0.39 is 17.2 Å². The maximum absolute atomic E-state index is 11.9. The number of hydrogen-bond acceptors (Lipinski definition) is 9. The minimum Gasteiger partial charge on any atom is -0.466 e. The number of rotatable bonds is 4. The molecule has 40 heavy (non-hydrogen) atoms. The fourth-order valence-corrected chi connectivity index (χ4v) is 3.72. The standard InChI is InChI=1S/C14H23NO4.C11H19NO3.C4H6O2/c1-10-8-15(13(17)19-14(2,3)4)9-11(10)6-7-12(16)18-5;1-8-5-12(6-9(8)7-13)10(14)15-11(2,3)4;1-3-4(5)6-2/h6-7,10-11H,8-9H2,1-5H3;7-9H,5-6H2,1-4H3;3H,1H2,2H3/b7-6+;;/t10-,11-;8-,9+;/m11./s1. The van der Waals surface area contributed by atoms with Crippen molar-refractivity contribution in [1.82, 2.24) is 9.80 Å². The lowest BCUT2D eigenvalue weighted by Crippen LogP contribution is -2.35. The van der Waals surface area contributed by atoms with Gasteiger partial charge in [-0.2, -0.15) is 0 Å². The Hall–Kier alpha value is -3.37. The molecular weight excluding hydrogens is 520 g/mol. The van der Waals surface area contributed by atoms with Crippen LogP contribution < -0.4 is 0 Å². The van der Waals surface area contributed by atoms with Gasteiger partial charge in [-0.3, -0.25) is 0 Å². The summed E-state index contributed by atoms with van der Waals surface area (Å²) < 4.78 is 19.3. The maximum Gasteiger partial charge on any atom is 0.410 e. The molecule has 4 atom stereocenters. The second-order valence-corrected chi connectivity index (χ2v) is 11.8. The first-order chi connectivity index (χ1) is 18.4. The van der Waals surface area contributed by atoms with Gasteiger partial charge in [-0.05, 0) is 59.3 Å². The minimum atomic E-state index is -0.486. The van der Waals surface area contributed by atoms with E-state index in [0.717, 1.165) is 12.4 Å². The molecule has 2 heterocycles. The zero-order chi connectivity index (χ0) is 31.3. The molecule has 2 saturated heterocycles. The van der Waals surface area contributed by atoms with E-state index in [0.29, 0.717) is 32.1 Å². The van der Waals surface area contributed by atoms with E-state index in [1.54, 1.807) is 15.9 Å². The molecule has 0 aliphatic carbocycles. The molecule has 228 valence electrons. The molecule has 0 spiro atoms. The lowest BCUT2D eigenvalue weighted by molar-refractivity contribution is -0.135. The highest BCUT2D eigenvalue weighted by molar-refractivity contribution is 5.82. The molecule has 0 unspecified atom stereocenters. The Morgan fingerprint density at radius 1 is 0.725 bits per heavy atom. The second kappa shape index (κ2) is 16.7. The number of esters is 2. The van der Waals surface area contributed by atoms with Crippen LogP contribution in [0.2, 0.25) is 0 Å². The highest BCUT2D eigenvalue weighted by Crippen LogP contribution is 2.26. The number of methoxy groups -OCH3 is 2. The van der Waals surface area contributed by atoms with Crippen molar-refractivity contribution in [3.05, 3.63) is 24.8 Å². The number of nitrogens with zero attached hydrogens (tertiary/aromatic N) is 2. The monoisotopic (exact) mass is 568 g/mol. The fraction of sp³-hybridized carbons (Fsp3) is 0.690. The summed E-state index contributed by atoms with van der Waals surface area (Å²) in [6, 6.07) is 0. The second-order valence-electron chi connectivity index (χ2n) is 11.8. The van der Waals surface area contributed by atoms with Crippen LogP contribution in [-0.4, -0.2) is 91.8 Å². The molecule has 2 aliphatic rings. The summed E-state index contributed by atoms with van der Waals surface area (Å²) in [6.45, 7) is 20.5. The Morgan fingerprint density at radius 3 is 1.43 bits per heavy atom. The fourth-order valence-electron chi connectivity index (χ4n) is 3.72. The van der Waals surface area contributed by atoms with Crippen LogP contribution in [0.25, 0.3) is 0 Å². The zero-order valence-electron chi connectivity index (χ0n) is 25.7. The number of aldehydes is 1. The van der Waals surface area contributed by atoms with Gasteiger partial charge < -0.3 is 33.5 Å². The van der Waals surface area contributed by atoms with Crippen LogP contribution >= 0.6 is 0 Å². The van der Waals surface area contributed by atoms with E-state index in [9.17, 15) is 24.0 Å². The number of carbonyl (C=O) groups is 5. The van der Waals surface area contributed by atoms with Crippen LogP contribution in [0.5, 0.6) is 0 Å². The Kier molecular flexibility index (Phi) is 15.3. The molecule has 0 bridgehead atoms. The molecule has 2 aliphatic heterocycles. The van der Waals surface area contributed by atoms with E-state index in [4.69, 9.17) is 9.47 Å². The highest BCUT2D eigenvalue weighted by atomic mass is 16.6. The Morgan fingerprint density at radius 2 is 1.12 bits per heavy atom. The van der Waals surface area contributed by atoms with Gasteiger partial charge in [0.1, 0.15) is 17.5 Å². The van der Waals surface area contributed by atoms with E-state index >= 15 is 0 Å². The summed E-state index contributed by atoms with van der Waals surface area (Å²) in [5.74, 6) is -0.120. The number of hydrogen-bond donors (Lipinski definition) is 0. The van der Waals surface area contributed by atoms with Gasteiger partial charge in [-0.1, -0.05) is 26.5 Å². The molecule has 2 fully saturated rings. The van der Waals surface area contributed by atoms with Gasteiger partial charge in [-0.15, -0.1) is 0 Å². The zero-order valence-corrected chi connectivity index (χ0v) is 25.7. The predicted molar refractivity (Wildman–Crippen MR) is 150 cm³/mol. The van der Waals surface area contributed by atoms with Gasteiger partial charge in [0.2, 0.25) is 0 Å². The van der Waals surface area contributed by atoms with Crippen LogP contribution in [0.15, 0.2) is 24.8 Å². The van der Waals surface area contributed by atoms with Crippen molar-refractivity contribution >= 4 is 30.4 Å². The topological polar surface area (TPSA) is 129 Å². The molecule has 11 nitrogen and oxygen atoms in total. The molecule has 0 radical (unpaired) electrons. The molecule has 0 saturated carbocycles. The first-order valence-electron chi connectivity index (χ1n) is 13.2. The van der Waals surface area contributed by atoms with E-state index in [2.05, 4.69) is 23.0 Å². The third kappa shape index (κ3) is 14.7. The number of likely N-dealkylation sites (tertiary alicyclic amines) is 2. The Labute approximate surface area is 238 Å². The summed E-state index contributed by atoms with van der Waals surface area (Å²) in [6.07, 6.45) is 4.64. The van der Waals surface area contributed by atoms with Gasteiger partial charge in [0, 0.05) is 44.2 Å². The quantitative estimate of drug-likeness (QED) is 0.211. The predicted octanol–water partition coefficient (Wildman–Crippen LogP) is 4.25. The van der Waals surface area contributed by atoms with Crippen LogP contribution in [0.4, 0.5) is 9.59 Å². The van der Waals surface area contributed by atoms with Crippen molar-refractivity contribution in [2.24, 2.45) is 23.7 Å². The van der Waals surface area contributed by atoms with E-state index in [1.807, 2.05) is 48.5 Å². The van der Waals surface area contributed by atoms with Crippen molar-refractivity contribution in [2.75, 3.05) is 40.4 Å². The summed E-state index contributed by atoms with van der Waals surface area (Å²) in [7, 11) is 2.65. The Bertz CT molecular complexity index is 902. The summed E-state index contributed by atoms with van der Waals surface area (Å²) in [5.41, 5.74) is -0.958. The molecule has 2 amide bonds. The van der Waals surface area contributed by atoms with Crippen molar-refractivity contribution in [1.29, 1.82) is 0 Å². The molecular formula is C29H48N2O9. The molecule has 11 heteroatoms. The van der Waals surface area contributed by atoms with Gasteiger partial charge in [0.25, 0.3) is 0 Å². The SMILES string of the molecule is C=CC(=O)OC.COC(=O)/C=C/[C@@H]1CN(C(=O)OC(C)(C)C)C[C@H]1C.C[C@@H]1CN(C(=O)OC(C)(C)C)C[C@H]1C=O. The normalized spacial score (nSPS) is 22.2. The van der Waals surface area contributed by atoms with E-state index in [1.165, 1.54) is 20.3 Å². The van der Waals surface area contributed by atoms with Gasteiger partial charge >= 0.3 is 24.1 Å². The maximum atomic E-state index is 11.9. The van der Waals surface area contributed by atoms with Gasteiger partial charge in [0.05, 0.1) is 14.2 Å². The van der Waals surface area contributed by atoms with Gasteiger partial charge in [-0.25, -0.2) is 19.2 Å². The molecule has 0 N–H and O–H groups in total. The smallest absolute Gasteiger partial charge is 0.410 e. The summed E-state index contributed by atoms with van der Waals surface area (Å²) in [5, 5.41) is 0. The summed E-state index contributed by atoms with van der Waals surface area (Å²) in [4.78, 5) is 58.5. The minimum absolute atomic E-state index is 0.0440. The molecule has 2 rings (SSSR count). The average Bonchev–Trinajstić information content (AvgIpc) is 3.42. The lowest BCUT2D eigenvalue weighted by atomic mass is 9.98. The molecule has 0 aromatic heterocycles. The largest absolute Gasteiger partial charge is 0.466 e. The van der Waals surface area contributed by atoms with Crippen molar-refractivity contribution in [2.45, 2.75) is 66.6 Å². The average molecular weight is 569 g/mol. The lowest BCUT2D eigenvalue weighted by Gasteiger charge is -2.24. The van der Waals surface area contributed by atoms with Crippen LogP contribution in [-0.2, 0) is 33.3 Å². The Balaban J connectivity index is 0.000000644. The van der Waals surface area contributed by atoms with Crippen LogP contribution in [0.1, 0.15) is 55.4 Å². The summed E-state index contributed by atoms with van der Waals surface area (Å²) >= 11 is 0. The van der Waals surface area contributed by atoms with E-state index in [-0.39, 0.29) is 35.9 Å². The van der Waals surface area contributed by atoms with Crippen molar-refractivity contribution in [3.8, 4) is 0 Å². The third-order valence-corrected chi connectivity index (χ3v) is 5.87. The van der Waals surface area contributed by atoms with Crippen molar-refractivity contribution < 1.29 is 42.9 Å². The first kappa shape index (κ1) is 36.6. The number of ether oxygens (including phenoxy) is 4. The van der Waals surface area contributed by atoms with Crippen LogP contribution in [0, 0.1) is 23.7 Å². The van der Waals surface area contributed by atoms with Gasteiger partial charge in [0.15, 0.2) is 0 Å². The molecule has 0 aromatic carbocycles. The van der Waals surface area contributed by atoms with Crippen molar-refractivity contribution in [3.63, 3.8) is 0 Å². The number of amides is 2. The van der Waals surface area contributed by atoms with Crippen LogP contribution in [0.3, 0.4) is 0 Å². The molecule has 0 aromatic rings.